The van der Waals surface area contributed by atoms with E-state index in [0.29, 0.717) is 11.3 Å². The van der Waals surface area contributed by atoms with Crippen molar-refractivity contribution < 1.29 is 10.2 Å². The normalized spacial score (nSPS) is 14.3. The maximum Gasteiger partial charge on any atom is 0.106 e. The van der Waals surface area contributed by atoms with Gasteiger partial charge in [-0.3, -0.25) is 0 Å². The molecule has 0 aliphatic heterocycles. The van der Waals surface area contributed by atoms with Crippen molar-refractivity contribution >= 4 is 5.69 Å². The van der Waals surface area contributed by atoms with Crippen LogP contribution in [0.1, 0.15) is 23.7 Å². The second-order valence-electron chi connectivity index (χ2n) is 3.44. The molecule has 0 aliphatic carbocycles. The van der Waals surface area contributed by atoms with Crippen LogP contribution in [0.2, 0.25) is 0 Å². The van der Waals surface area contributed by atoms with Crippen LogP contribution in [0.4, 0.5) is 5.69 Å². The van der Waals surface area contributed by atoms with Gasteiger partial charge in [0.2, 0.25) is 0 Å². The van der Waals surface area contributed by atoms with E-state index in [2.05, 4.69) is 0 Å². The lowest BCUT2D eigenvalue weighted by atomic mass is 9.97. The molecule has 0 heterocycles. The van der Waals surface area contributed by atoms with Crippen molar-refractivity contribution in [2.75, 3.05) is 5.73 Å². The summed E-state index contributed by atoms with van der Waals surface area (Å²) >= 11 is 0. The summed E-state index contributed by atoms with van der Waals surface area (Å²) < 4.78 is 0. The number of anilines is 1. The fourth-order valence-electron chi connectivity index (χ4n) is 1.40. The first-order valence-corrected chi connectivity index (χ1v) is 4.66. The van der Waals surface area contributed by atoms with E-state index in [1.165, 1.54) is 0 Å². The van der Waals surface area contributed by atoms with Gasteiger partial charge in [-0.15, -0.1) is 0 Å². The molecule has 15 heavy (non-hydrogen) atoms. The third-order valence-electron chi connectivity index (χ3n) is 2.40. The Morgan fingerprint density at radius 3 is 2.73 bits per heavy atom. The topological polar surface area (TPSA) is 90.3 Å². The summed E-state index contributed by atoms with van der Waals surface area (Å²) in [5.41, 5.74) is 7.55. The van der Waals surface area contributed by atoms with Crippen LogP contribution in [-0.4, -0.2) is 16.3 Å². The van der Waals surface area contributed by atoms with Crippen molar-refractivity contribution in [3.05, 3.63) is 29.3 Å². The zero-order valence-electron chi connectivity index (χ0n) is 8.51. The van der Waals surface area contributed by atoms with E-state index in [9.17, 15) is 10.2 Å². The summed E-state index contributed by atoms with van der Waals surface area (Å²) in [6, 6.07) is 6.94. The van der Waals surface area contributed by atoms with Crippen LogP contribution in [0, 0.1) is 18.3 Å². The summed E-state index contributed by atoms with van der Waals surface area (Å²) in [7, 11) is 0. The minimum Gasteiger partial charge on any atom is -0.399 e. The number of aliphatic hydroxyl groups is 2. The molecule has 0 fully saturated rings. The highest BCUT2D eigenvalue weighted by Gasteiger charge is 2.20. The Kier molecular flexibility index (Phi) is 3.67. The molecule has 4 heteroatoms. The Hall–Kier alpha value is -1.57. The Morgan fingerprint density at radius 1 is 1.47 bits per heavy atom. The highest BCUT2D eigenvalue weighted by atomic mass is 16.3. The van der Waals surface area contributed by atoms with Crippen molar-refractivity contribution in [2.45, 2.75) is 25.6 Å². The molecule has 2 unspecified atom stereocenters. The molecule has 0 radical (unpaired) electrons. The standard InChI is InChI=1S/C11H14N2O2/c1-7-8(3-2-4-9(7)13)11(15)10(14)5-6-12/h2-4,10-11,14-15H,5,13H2,1H3. The van der Waals surface area contributed by atoms with Gasteiger partial charge < -0.3 is 15.9 Å². The second-order valence-corrected chi connectivity index (χ2v) is 3.44. The molecule has 0 amide bonds. The molecule has 0 saturated heterocycles. The average Bonchev–Trinajstić information content (AvgIpc) is 2.21. The van der Waals surface area contributed by atoms with E-state index in [0.717, 1.165) is 5.56 Å². The largest absolute Gasteiger partial charge is 0.399 e. The number of nitrogens with two attached hydrogens (primary N) is 1. The zero-order chi connectivity index (χ0) is 11.4. The van der Waals surface area contributed by atoms with Crippen molar-refractivity contribution in [2.24, 2.45) is 0 Å². The van der Waals surface area contributed by atoms with Gasteiger partial charge in [-0.1, -0.05) is 12.1 Å². The Labute approximate surface area is 88.6 Å². The summed E-state index contributed by atoms with van der Waals surface area (Å²) in [4.78, 5) is 0. The quantitative estimate of drug-likeness (QED) is 0.640. The number of hydrogen-bond acceptors (Lipinski definition) is 4. The molecule has 0 saturated carbocycles. The third-order valence-corrected chi connectivity index (χ3v) is 2.40. The maximum atomic E-state index is 9.77. The van der Waals surface area contributed by atoms with E-state index < -0.39 is 12.2 Å². The van der Waals surface area contributed by atoms with Gasteiger partial charge in [-0.2, -0.15) is 5.26 Å². The number of hydrogen-bond donors (Lipinski definition) is 3. The first-order chi connectivity index (χ1) is 7.07. The van der Waals surface area contributed by atoms with Crippen molar-refractivity contribution in [3.8, 4) is 6.07 Å². The van der Waals surface area contributed by atoms with Gasteiger partial charge in [-0.05, 0) is 24.1 Å². The van der Waals surface area contributed by atoms with Gasteiger partial charge in [0.1, 0.15) is 6.10 Å². The molecule has 1 aromatic rings. The molecule has 1 aromatic carbocycles. The summed E-state index contributed by atoms with van der Waals surface area (Å²) in [5.74, 6) is 0. The number of benzene rings is 1. The Morgan fingerprint density at radius 2 is 2.13 bits per heavy atom. The molecule has 4 N–H and O–H groups in total. The van der Waals surface area contributed by atoms with E-state index in [-0.39, 0.29) is 6.42 Å². The Balaban J connectivity index is 2.96. The van der Waals surface area contributed by atoms with Gasteiger partial charge in [0.15, 0.2) is 0 Å². The van der Waals surface area contributed by atoms with E-state index >= 15 is 0 Å². The van der Waals surface area contributed by atoms with Gasteiger partial charge in [0.25, 0.3) is 0 Å². The molecular formula is C11H14N2O2. The molecule has 4 nitrogen and oxygen atoms in total. The lowest BCUT2D eigenvalue weighted by Crippen LogP contribution is -2.18. The molecule has 0 aliphatic rings. The van der Waals surface area contributed by atoms with Crippen molar-refractivity contribution in [3.63, 3.8) is 0 Å². The van der Waals surface area contributed by atoms with Crippen LogP contribution >= 0.6 is 0 Å². The van der Waals surface area contributed by atoms with Crippen LogP contribution in [0.5, 0.6) is 0 Å². The molecule has 0 spiro atoms. The monoisotopic (exact) mass is 206 g/mol. The molecule has 0 bridgehead atoms. The summed E-state index contributed by atoms with van der Waals surface area (Å²) in [5, 5.41) is 27.7. The smallest absolute Gasteiger partial charge is 0.106 e. The minimum atomic E-state index is -1.07. The van der Waals surface area contributed by atoms with Gasteiger partial charge in [0, 0.05) is 5.69 Å². The van der Waals surface area contributed by atoms with Crippen LogP contribution in [0.25, 0.3) is 0 Å². The van der Waals surface area contributed by atoms with Crippen LogP contribution < -0.4 is 5.73 Å². The Bertz CT molecular complexity index is 385. The maximum absolute atomic E-state index is 9.77. The number of nitriles is 1. The van der Waals surface area contributed by atoms with Gasteiger partial charge in [-0.25, -0.2) is 0 Å². The molecular weight excluding hydrogens is 192 g/mol. The number of nitrogen functional groups attached to an aromatic ring is 1. The minimum absolute atomic E-state index is 0.102. The number of rotatable bonds is 3. The lowest BCUT2D eigenvalue weighted by molar-refractivity contribution is 0.0213. The van der Waals surface area contributed by atoms with E-state index in [1.54, 1.807) is 25.1 Å². The molecule has 80 valence electrons. The first kappa shape index (κ1) is 11.5. The zero-order valence-corrected chi connectivity index (χ0v) is 8.51. The highest BCUT2D eigenvalue weighted by Crippen LogP contribution is 2.25. The highest BCUT2D eigenvalue weighted by molar-refractivity contribution is 5.50. The van der Waals surface area contributed by atoms with Crippen LogP contribution in [0.15, 0.2) is 18.2 Å². The van der Waals surface area contributed by atoms with E-state index in [4.69, 9.17) is 11.0 Å². The third kappa shape index (κ3) is 2.46. The molecule has 2 atom stereocenters. The fraction of sp³-hybridized carbons (Fsp3) is 0.364. The molecule has 1 rings (SSSR count). The number of nitrogens with zero attached hydrogens (tertiary/aromatic N) is 1. The summed E-state index contributed by atoms with van der Waals surface area (Å²) in [6.45, 7) is 1.77. The predicted octanol–water partition coefficient (Wildman–Crippen LogP) is 0.885. The van der Waals surface area contributed by atoms with Gasteiger partial charge in [0.05, 0.1) is 18.6 Å². The SMILES string of the molecule is Cc1c(N)cccc1C(O)C(O)CC#N. The van der Waals surface area contributed by atoms with Crippen LogP contribution in [0.3, 0.4) is 0 Å². The summed E-state index contributed by atoms with van der Waals surface area (Å²) in [6.07, 6.45) is -2.24. The number of aliphatic hydroxyl groups excluding tert-OH is 2. The second kappa shape index (κ2) is 4.78. The van der Waals surface area contributed by atoms with Crippen LogP contribution in [-0.2, 0) is 0 Å². The first-order valence-electron chi connectivity index (χ1n) is 4.66. The molecule has 0 aromatic heterocycles. The lowest BCUT2D eigenvalue weighted by Gasteiger charge is -2.18. The average molecular weight is 206 g/mol. The predicted molar refractivity (Wildman–Crippen MR) is 56.8 cm³/mol. The van der Waals surface area contributed by atoms with E-state index in [1.807, 2.05) is 6.07 Å². The fourth-order valence-corrected chi connectivity index (χ4v) is 1.40. The van der Waals surface area contributed by atoms with Crippen molar-refractivity contribution in [1.29, 1.82) is 5.26 Å². The van der Waals surface area contributed by atoms with Crippen molar-refractivity contribution in [1.82, 2.24) is 0 Å². The van der Waals surface area contributed by atoms with Gasteiger partial charge >= 0.3 is 0 Å².